The van der Waals surface area contributed by atoms with E-state index in [4.69, 9.17) is 10.5 Å². The Morgan fingerprint density at radius 3 is 2.40 bits per heavy atom. The third kappa shape index (κ3) is 4.58. The number of nitrogens with two attached hydrogens (primary N) is 1. The van der Waals surface area contributed by atoms with E-state index < -0.39 is 0 Å². The predicted octanol–water partition coefficient (Wildman–Crippen LogP) is 2.66. The van der Waals surface area contributed by atoms with Gasteiger partial charge in [-0.3, -0.25) is 4.79 Å². The molecule has 4 heteroatoms. The van der Waals surface area contributed by atoms with Crippen molar-refractivity contribution in [2.75, 3.05) is 20.2 Å². The molecule has 20 heavy (non-hydrogen) atoms. The second-order valence-corrected chi connectivity index (χ2v) is 5.61. The highest BCUT2D eigenvalue weighted by Crippen LogP contribution is 2.23. The van der Waals surface area contributed by atoms with Gasteiger partial charge in [0.25, 0.3) is 0 Å². The lowest BCUT2D eigenvalue weighted by Crippen LogP contribution is -2.37. The van der Waals surface area contributed by atoms with E-state index in [0.717, 1.165) is 38.1 Å². The first-order valence-electron chi connectivity index (χ1n) is 7.49. The van der Waals surface area contributed by atoms with Crippen LogP contribution >= 0.6 is 0 Å². The maximum absolute atomic E-state index is 11.2. The number of carbonyl (C=O) groups is 1. The first-order valence-corrected chi connectivity index (χ1v) is 7.49. The quantitative estimate of drug-likeness (QED) is 0.601. The number of nitrogens with zero attached hydrogens (tertiary/aromatic N) is 1. The van der Waals surface area contributed by atoms with E-state index in [1.165, 1.54) is 5.70 Å². The van der Waals surface area contributed by atoms with Crippen molar-refractivity contribution in [2.24, 2.45) is 17.6 Å². The highest BCUT2D eigenvalue weighted by atomic mass is 16.5. The molecule has 1 heterocycles. The van der Waals surface area contributed by atoms with Gasteiger partial charge in [-0.2, -0.15) is 0 Å². The Balaban J connectivity index is 2.79. The first kappa shape index (κ1) is 16.6. The van der Waals surface area contributed by atoms with Crippen molar-refractivity contribution in [3.63, 3.8) is 0 Å². The molecule has 1 aliphatic heterocycles. The predicted molar refractivity (Wildman–Crippen MR) is 81.8 cm³/mol. The number of hydrogen-bond donors (Lipinski definition) is 1. The molecule has 0 aromatic rings. The van der Waals surface area contributed by atoms with Crippen molar-refractivity contribution < 1.29 is 9.53 Å². The fraction of sp³-hybridized carbons (Fsp3) is 0.688. The molecule has 0 aliphatic carbocycles. The van der Waals surface area contributed by atoms with Crippen LogP contribution in [-0.4, -0.2) is 31.0 Å². The number of carbonyl (C=O) groups excluding carboxylic acids is 1. The summed E-state index contributed by atoms with van der Waals surface area (Å²) in [5.41, 5.74) is 6.58. The van der Waals surface area contributed by atoms with Gasteiger partial charge in [-0.25, -0.2) is 0 Å². The molecular formula is C16H28N2O2. The van der Waals surface area contributed by atoms with E-state index in [9.17, 15) is 4.79 Å². The summed E-state index contributed by atoms with van der Waals surface area (Å²) >= 11 is 0. The number of likely N-dealkylation sites (tertiary alicyclic amines) is 1. The molecule has 1 aliphatic rings. The molecule has 0 radical (unpaired) electrons. The van der Waals surface area contributed by atoms with E-state index in [-0.39, 0.29) is 11.8 Å². The molecule has 1 saturated heterocycles. The lowest BCUT2D eigenvalue weighted by Gasteiger charge is -2.33. The Hall–Kier alpha value is -1.45. The number of ether oxygens (including phenoxy) is 1. The Bertz CT molecular complexity index is 378. The van der Waals surface area contributed by atoms with E-state index >= 15 is 0 Å². The van der Waals surface area contributed by atoms with Crippen LogP contribution in [0, 0.1) is 11.8 Å². The normalized spacial score (nSPS) is 18.6. The van der Waals surface area contributed by atoms with Crippen LogP contribution in [0.15, 0.2) is 23.6 Å². The van der Waals surface area contributed by atoms with Crippen molar-refractivity contribution in [3.05, 3.63) is 23.6 Å². The molecule has 114 valence electrons. The molecule has 1 fully saturated rings. The lowest BCUT2D eigenvalue weighted by molar-refractivity contribution is -0.123. The largest absolute Gasteiger partial charge is 0.501 e. The van der Waals surface area contributed by atoms with E-state index in [2.05, 4.69) is 37.8 Å². The number of primary amides is 1. The Kier molecular flexibility index (Phi) is 6.62. The maximum atomic E-state index is 11.2. The summed E-state index contributed by atoms with van der Waals surface area (Å²) in [5.74, 6) is 1.22. The number of hydrogen-bond acceptors (Lipinski definition) is 3. The number of rotatable bonds is 6. The minimum Gasteiger partial charge on any atom is -0.501 e. The minimum absolute atomic E-state index is 0.0325. The number of methoxy groups -OCH3 is 1. The number of allylic oxidation sites excluding steroid dienone is 3. The van der Waals surface area contributed by atoms with Gasteiger partial charge < -0.3 is 15.4 Å². The molecule has 0 spiro atoms. The second-order valence-electron chi connectivity index (χ2n) is 5.61. The zero-order valence-electron chi connectivity index (χ0n) is 13.2. The van der Waals surface area contributed by atoms with Gasteiger partial charge >= 0.3 is 0 Å². The van der Waals surface area contributed by atoms with Gasteiger partial charge in [0.2, 0.25) is 5.91 Å². The minimum atomic E-state index is -0.166. The highest BCUT2D eigenvalue weighted by molar-refractivity contribution is 5.76. The summed E-state index contributed by atoms with van der Waals surface area (Å²) in [5, 5.41) is 0. The fourth-order valence-electron chi connectivity index (χ4n) is 2.52. The lowest BCUT2D eigenvalue weighted by atomic mass is 9.95. The SMILES string of the molecule is CC/C=C(\C=C(\OC)C(C)C)N1CCC(C(N)=O)CC1. The molecule has 0 aromatic heterocycles. The van der Waals surface area contributed by atoms with Crippen molar-refractivity contribution in [1.82, 2.24) is 4.90 Å². The van der Waals surface area contributed by atoms with Gasteiger partial charge in [-0.05, 0) is 25.3 Å². The maximum Gasteiger partial charge on any atom is 0.220 e. The number of piperidine rings is 1. The molecule has 4 nitrogen and oxygen atoms in total. The smallest absolute Gasteiger partial charge is 0.220 e. The van der Waals surface area contributed by atoms with Crippen molar-refractivity contribution in [2.45, 2.75) is 40.0 Å². The Labute approximate surface area is 122 Å². The molecule has 1 amide bonds. The Morgan fingerprint density at radius 1 is 1.40 bits per heavy atom. The number of amides is 1. The van der Waals surface area contributed by atoms with Crippen LogP contribution in [0.25, 0.3) is 0 Å². The topological polar surface area (TPSA) is 55.6 Å². The monoisotopic (exact) mass is 280 g/mol. The van der Waals surface area contributed by atoms with Crippen LogP contribution in [-0.2, 0) is 9.53 Å². The molecule has 0 unspecified atom stereocenters. The van der Waals surface area contributed by atoms with E-state index in [0.29, 0.717) is 5.92 Å². The van der Waals surface area contributed by atoms with Gasteiger partial charge in [0.1, 0.15) is 5.76 Å². The molecular weight excluding hydrogens is 252 g/mol. The van der Waals surface area contributed by atoms with Crippen LogP contribution in [0.3, 0.4) is 0 Å². The zero-order valence-corrected chi connectivity index (χ0v) is 13.2. The summed E-state index contributed by atoms with van der Waals surface area (Å²) in [7, 11) is 1.72. The molecule has 0 aromatic carbocycles. The van der Waals surface area contributed by atoms with Crippen LogP contribution in [0.2, 0.25) is 0 Å². The van der Waals surface area contributed by atoms with Gasteiger partial charge in [0.15, 0.2) is 0 Å². The average molecular weight is 280 g/mol. The van der Waals surface area contributed by atoms with E-state index in [1.807, 2.05) is 0 Å². The van der Waals surface area contributed by atoms with Crippen LogP contribution in [0.5, 0.6) is 0 Å². The summed E-state index contributed by atoms with van der Waals surface area (Å²) in [4.78, 5) is 13.6. The average Bonchev–Trinajstić information content (AvgIpc) is 2.43. The summed E-state index contributed by atoms with van der Waals surface area (Å²) in [6.45, 7) is 8.14. The zero-order chi connectivity index (χ0) is 15.1. The standard InChI is InChI=1S/C16H28N2O2/c1-5-6-14(11-15(20-4)12(2)3)18-9-7-13(8-10-18)16(17)19/h6,11-13H,5,7-10H2,1-4H3,(H2,17,19)/b14-6+,15-11+. The van der Waals surface area contributed by atoms with Gasteiger partial charge in [0.05, 0.1) is 7.11 Å². The highest BCUT2D eigenvalue weighted by Gasteiger charge is 2.23. The third-order valence-corrected chi connectivity index (χ3v) is 3.77. The Morgan fingerprint density at radius 2 is 2.00 bits per heavy atom. The molecule has 0 saturated carbocycles. The fourth-order valence-corrected chi connectivity index (χ4v) is 2.52. The first-order chi connectivity index (χ1) is 9.49. The van der Waals surface area contributed by atoms with E-state index in [1.54, 1.807) is 7.11 Å². The molecule has 2 N–H and O–H groups in total. The van der Waals surface area contributed by atoms with Crippen LogP contribution in [0.4, 0.5) is 0 Å². The second kappa shape index (κ2) is 7.98. The van der Waals surface area contributed by atoms with Gasteiger partial charge in [-0.15, -0.1) is 0 Å². The molecule has 0 atom stereocenters. The summed E-state index contributed by atoms with van der Waals surface area (Å²) in [6.07, 6.45) is 7.00. The van der Waals surface area contributed by atoms with Crippen LogP contribution < -0.4 is 5.73 Å². The van der Waals surface area contributed by atoms with Crippen LogP contribution in [0.1, 0.15) is 40.0 Å². The van der Waals surface area contributed by atoms with Crippen molar-refractivity contribution in [1.29, 1.82) is 0 Å². The summed E-state index contributed by atoms with van der Waals surface area (Å²) < 4.78 is 5.46. The molecule has 1 rings (SSSR count). The van der Waals surface area contributed by atoms with Crippen molar-refractivity contribution in [3.8, 4) is 0 Å². The van der Waals surface area contributed by atoms with Crippen molar-refractivity contribution >= 4 is 5.91 Å². The van der Waals surface area contributed by atoms with Gasteiger partial charge in [-0.1, -0.05) is 26.8 Å². The summed E-state index contributed by atoms with van der Waals surface area (Å²) in [6, 6.07) is 0. The third-order valence-electron chi connectivity index (χ3n) is 3.77. The van der Waals surface area contributed by atoms with Gasteiger partial charge in [0, 0.05) is 30.6 Å². The molecule has 0 bridgehead atoms.